The van der Waals surface area contributed by atoms with Crippen LogP contribution in [0.5, 0.6) is 11.5 Å². The van der Waals surface area contributed by atoms with Crippen LogP contribution < -0.4 is 9.31 Å². The summed E-state index contributed by atoms with van der Waals surface area (Å²) in [6.07, 6.45) is 0. The minimum atomic E-state index is 0.627. The molecule has 0 aliphatic carbocycles. The van der Waals surface area contributed by atoms with Gasteiger partial charge >= 0.3 is 7.69 Å². The van der Waals surface area contributed by atoms with Crippen molar-refractivity contribution >= 4 is 30.9 Å². The molecule has 0 saturated carbocycles. The van der Waals surface area contributed by atoms with E-state index in [2.05, 4.69) is 0 Å². The minimum absolute atomic E-state index is 0.627. The molecule has 0 aliphatic heterocycles. The first-order valence-electron chi connectivity index (χ1n) is 5.72. The molecule has 0 fully saturated rings. The molecule has 0 N–H and O–H groups in total. The minimum Gasteiger partial charge on any atom is -0.526 e. The van der Waals surface area contributed by atoms with Crippen molar-refractivity contribution in [3.8, 4) is 11.5 Å². The summed E-state index contributed by atoms with van der Waals surface area (Å²) >= 11 is 11.9. The number of halogens is 2. The van der Waals surface area contributed by atoms with Gasteiger partial charge in [0.05, 0.1) is 0 Å². The highest BCUT2D eigenvalue weighted by molar-refractivity contribution is 6.31. The Morgan fingerprint density at radius 1 is 0.737 bits per heavy atom. The van der Waals surface area contributed by atoms with Gasteiger partial charge < -0.3 is 9.31 Å². The smallest absolute Gasteiger partial charge is 0.526 e. The first kappa shape index (κ1) is 14.1. The van der Waals surface area contributed by atoms with E-state index in [0.29, 0.717) is 21.5 Å². The first-order chi connectivity index (χ1) is 9.02. The lowest BCUT2D eigenvalue weighted by Crippen LogP contribution is -2.11. The van der Waals surface area contributed by atoms with Crippen LogP contribution in [0.25, 0.3) is 0 Å². The van der Waals surface area contributed by atoms with Crippen molar-refractivity contribution in [2.45, 2.75) is 13.8 Å². The molecule has 0 atom stereocenters. The first-order valence-corrected chi connectivity index (χ1v) is 6.48. The van der Waals surface area contributed by atoms with E-state index >= 15 is 0 Å². The van der Waals surface area contributed by atoms with Crippen LogP contribution in [0.2, 0.25) is 10.0 Å². The second kappa shape index (κ2) is 6.22. The summed E-state index contributed by atoms with van der Waals surface area (Å²) in [7, 11) is 1.26. The van der Waals surface area contributed by atoms with E-state index in [1.807, 2.05) is 38.1 Å². The van der Waals surface area contributed by atoms with Crippen LogP contribution in [0.3, 0.4) is 0 Å². The lowest BCUT2D eigenvalue weighted by atomic mass is 10.2. The molecule has 0 saturated heterocycles. The van der Waals surface area contributed by atoms with E-state index in [0.717, 1.165) is 11.1 Å². The molecule has 5 heteroatoms. The fourth-order valence-electron chi connectivity index (χ4n) is 1.68. The molecule has 2 rings (SSSR count). The summed E-state index contributed by atoms with van der Waals surface area (Å²) < 4.78 is 10.8. The van der Waals surface area contributed by atoms with Gasteiger partial charge in [-0.15, -0.1) is 0 Å². The molecule has 2 nitrogen and oxygen atoms in total. The Morgan fingerprint density at radius 3 is 1.53 bits per heavy atom. The second-order valence-electron chi connectivity index (χ2n) is 4.26. The normalized spacial score (nSPS) is 10.1. The molecule has 2 aromatic rings. The van der Waals surface area contributed by atoms with Gasteiger partial charge in [0.15, 0.2) is 0 Å². The summed E-state index contributed by atoms with van der Waals surface area (Å²) in [5.41, 5.74) is 2.05. The number of rotatable bonds is 4. The summed E-state index contributed by atoms with van der Waals surface area (Å²) in [5, 5.41) is 1.25. The number of hydrogen-bond acceptors (Lipinski definition) is 2. The zero-order chi connectivity index (χ0) is 13.8. The third-order valence-corrected chi connectivity index (χ3v) is 2.84. The van der Waals surface area contributed by atoms with Gasteiger partial charge in [-0.2, -0.15) is 0 Å². The van der Waals surface area contributed by atoms with Crippen LogP contribution in [0.1, 0.15) is 11.1 Å². The SMILES string of the molecule is Cc1cc(Cl)cc(O[B]Oc2cc(C)cc(Cl)c2)c1. The van der Waals surface area contributed by atoms with Crippen molar-refractivity contribution in [3.05, 3.63) is 57.6 Å². The molecule has 0 aliphatic rings. The van der Waals surface area contributed by atoms with Crippen LogP contribution in [-0.2, 0) is 0 Å². The molecular formula is C14H12BCl2O2. The molecule has 1 radical (unpaired) electrons. The zero-order valence-corrected chi connectivity index (χ0v) is 12.1. The van der Waals surface area contributed by atoms with Crippen molar-refractivity contribution in [1.82, 2.24) is 0 Å². The highest BCUT2D eigenvalue weighted by Crippen LogP contribution is 2.22. The van der Waals surface area contributed by atoms with Crippen LogP contribution in [0, 0.1) is 13.8 Å². The maximum Gasteiger partial charge on any atom is 0.658 e. The largest absolute Gasteiger partial charge is 0.658 e. The summed E-state index contributed by atoms with van der Waals surface area (Å²) in [6.45, 7) is 3.89. The van der Waals surface area contributed by atoms with Crippen molar-refractivity contribution in [1.29, 1.82) is 0 Å². The van der Waals surface area contributed by atoms with E-state index in [4.69, 9.17) is 32.5 Å². The van der Waals surface area contributed by atoms with E-state index in [-0.39, 0.29) is 0 Å². The Kier molecular flexibility index (Phi) is 4.62. The predicted molar refractivity (Wildman–Crippen MR) is 79.4 cm³/mol. The number of aryl methyl sites for hydroxylation is 2. The van der Waals surface area contributed by atoms with Gasteiger partial charge in [-0.25, -0.2) is 0 Å². The summed E-state index contributed by atoms with van der Waals surface area (Å²) in [5.74, 6) is 1.26. The summed E-state index contributed by atoms with van der Waals surface area (Å²) in [6, 6.07) is 10.9. The van der Waals surface area contributed by atoms with Crippen LogP contribution >= 0.6 is 23.2 Å². The summed E-state index contributed by atoms with van der Waals surface area (Å²) in [4.78, 5) is 0. The molecule has 0 amide bonds. The third kappa shape index (κ3) is 4.37. The molecule has 97 valence electrons. The lowest BCUT2D eigenvalue weighted by molar-refractivity contribution is 0.458. The maximum absolute atomic E-state index is 5.94. The van der Waals surface area contributed by atoms with Gasteiger partial charge in [0.25, 0.3) is 0 Å². The molecule has 19 heavy (non-hydrogen) atoms. The second-order valence-corrected chi connectivity index (χ2v) is 5.13. The lowest BCUT2D eigenvalue weighted by Gasteiger charge is -2.08. The van der Waals surface area contributed by atoms with Crippen molar-refractivity contribution in [3.63, 3.8) is 0 Å². The van der Waals surface area contributed by atoms with Crippen molar-refractivity contribution in [2.75, 3.05) is 0 Å². The maximum atomic E-state index is 5.94. The van der Waals surface area contributed by atoms with Crippen molar-refractivity contribution < 1.29 is 9.31 Å². The van der Waals surface area contributed by atoms with Crippen molar-refractivity contribution in [2.24, 2.45) is 0 Å². The zero-order valence-electron chi connectivity index (χ0n) is 10.6. The molecule has 0 aromatic heterocycles. The molecule has 0 unspecified atom stereocenters. The topological polar surface area (TPSA) is 18.5 Å². The molecule has 0 spiro atoms. The molecule has 0 bridgehead atoms. The van der Waals surface area contributed by atoms with Gasteiger partial charge in [0.2, 0.25) is 0 Å². The third-order valence-electron chi connectivity index (χ3n) is 2.40. The van der Waals surface area contributed by atoms with E-state index in [1.165, 1.54) is 7.69 Å². The standard InChI is InChI=1S/C14H12BCl2O2/c1-9-3-11(16)7-13(5-9)18-15-19-14-6-10(2)4-12(17)8-14/h3-8H,1-2H3. The Bertz CT molecular complexity index is 496. The molecular weight excluding hydrogens is 282 g/mol. The Labute approximate surface area is 123 Å². The van der Waals surface area contributed by atoms with Gasteiger partial charge in [-0.3, -0.25) is 0 Å². The van der Waals surface area contributed by atoms with Crippen LogP contribution in [0.4, 0.5) is 0 Å². The predicted octanol–water partition coefficient (Wildman–Crippen LogP) is 4.60. The van der Waals surface area contributed by atoms with E-state index in [9.17, 15) is 0 Å². The van der Waals surface area contributed by atoms with Crippen LogP contribution in [-0.4, -0.2) is 7.69 Å². The van der Waals surface area contributed by atoms with Gasteiger partial charge in [-0.1, -0.05) is 23.2 Å². The fourth-order valence-corrected chi connectivity index (χ4v) is 2.24. The highest BCUT2D eigenvalue weighted by atomic mass is 35.5. The quantitative estimate of drug-likeness (QED) is 0.767. The van der Waals surface area contributed by atoms with E-state index < -0.39 is 0 Å². The number of hydrogen-bond donors (Lipinski definition) is 0. The number of benzene rings is 2. The van der Waals surface area contributed by atoms with Gasteiger partial charge in [0, 0.05) is 10.0 Å². The average molecular weight is 294 g/mol. The van der Waals surface area contributed by atoms with Gasteiger partial charge in [0.1, 0.15) is 11.5 Å². The Hall–Kier alpha value is -1.32. The molecule has 2 aromatic carbocycles. The van der Waals surface area contributed by atoms with Gasteiger partial charge in [-0.05, 0) is 61.4 Å². The fraction of sp³-hybridized carbons (Fsp3) is 0.143. The van der Waals surface area contributed by atoms with Crippen LogP contribution in [0.15, 0.2) is 36.4 Å². The average Bonchev–Trinajstić information content (AvgIpc) is 2.26. The van der Waals surface area contributed by atoms with E-state index in [1.54, 1.807) is 12.1 Å². The Balaban J connectivity index is 1.96. The highest BCUT2D eigenvalue weighted by Gasteiger charge is 2.04. The Morgan fingerprint density at radius 2 is 1.16 bits per heavy atom. The monoisotopic (exact) mass is 293 g/mol. The molecule has 0 heterocycles.